The topological polar surface area (TPSA) is 64.7 Å². The molecule has 0 amide bonds. The quantitative estimate of drug-likeness (QED) is 0.369. The van der Waals surface area contributed by atoms with Gasteiger partial charge in [-0.1, -0.05) is 42.5 Å². The molecule has 1 unspecified atom stereocenters. The highest BCUT2D eigenvalue weighted by atomic mass is 28.4. The molecule has 1 heterocycles. The summed E-state index contributed by atoms with van der Waals surface area (Å²) in [5, 5.41) is 10.8. The molecule has 0 N–H and O–H groups in total. The lowest BCUT2D eigenvalue weighted by Gasteiger charge is -2.29. The van der Waals surface area contributed by atoms with Gasteiger partial charge in [-0.25, -0.2) is 0 Å². The number of nitro groups is 1. The number of hydrogen-bond donors (Lipinski definition) is 0. The molecule has 0 radical (unpaired) electrons. The van der Waals surface area contributed by atoms with Crippen LogP contribution in [0.25, 0.3) is 0 Å². The van der Waals surface area contributed by atoms with Crippen molar-refractivity contribution in [1.29, 1.82) is 0 Å². The average molecular weight is 383 g/mol. The summed E-state index contributed by atoms with van der Waals surface area (Å²) in [5.41, 5.74) is 3.51. The maximum Gasteiger partial charge on any atom is 0.269 e. The van der Waals surface area contributed by atoms with Gasteiger partial charge in [0.1, 0.15) is 0 Å². The minimum atomic E-state index is -1.72. The first-order valence-corrected chi connectivity index (χ1v) is 12.7. The van der Waals surface area contributed by atoms with Crippen LogP contribution in [0.4, 0.5) is 5.69 Å². The SMILES string of the molecule is C[Si](C)(C)O[C@H](c1ccccc1)C1CCC(Cc2ccc([N+](=O)[O-])cc2)=N1. The summed E-state index contributed by atoms with van der Waals surface area (Å²) in [6, 6.07) is 17.2. The van der Waals surface area contributed by atoms with Crippen molar-refractivity contribution in [3.63, 3.8) is 0 Å². The van der Waals surface area contributed by atoms with E-state index in [1.807, 2.05) is 30.3 Å². The van der Waals surface area contributed by atoms with E-state index >= 15 is 0 Å². The summed E-state index contributed by atoms with van der Waals surface area (Å²) in [7, 11) is -1.72. The molecule has 2 aromatic carbocycles. The van der Waals surface area contributed by atoms with Crippen molar-refractivity contribution in [3.05, 3.63) is 75.8 Å². The predicted octanol–water partition coefficient (Wildman–Crippen LogP) is 5.33. The van der Waals surface area contributed by atoms with Gasteiger partial charge in [-0.2, -0.15) is 0 Å². The number of benzene rings is 2. The predicted molar refractivity (Wildman–Crippen MR) is 111 cm³/mol. The highest BCUT2D eigenvalue weighted by molar-refractivity contribution is 6.69. The first-order valence-electron chi connectivity index (χ1n) is 9.33. The Morgan fingerprint density at radius 3 is 2.41 bits per heavy atom. The van der Waals surface area contributed by atoms with Gasteiger partial charge < -0.3 is 4.43 Å². The summed E-state index contributed by atoms with van der Waals surface area (Å²) >= 11 is 0. The molecule has 6 heteroatoms. The van der Waals surface area contributed by atoms with Gasteiger partial charge in [0, 0.05) is 24.3 Å². The van der Waals surface area contributed by atoms with Gasteiger partial charge in [0.15, 0.2) is 8.32 Å². The van der Waals surface area contributed by atoms with Gasteiger partial charge in [-0.3, -0.25) is 15.1 Å². The lowest BCUT2D eigenvalue weighted by atomic mass is 10.00. The lowest BCUT2D eigenvalue weighted by Crippen LogP contribution is -2.32. The van der Waals surface area contributed by atoms with Crippen LogP contribution in [0.3, 0.4) is 0 Å². The van der Waals surface area contributed by atoms with E-state index in [9.17, 15) is 10.1 Å². The molecule has 1 aliphatic heterocycles. The van der Waals surface area contributed by atoms with Crippen LogP contribution in [0.15, 0.2) is 59.6 Å². The molecule has 3 rings (SSSR count). The fourth-order valence-electron chi connectivity index (χ4n) is 3.39. The molecule has 1 aliphatic rings. The number of aliphatic imine (C=N–C) groups is 1. The molecule has 27 heavy (non-hydrogen) atoms. The summed E-state index contributed by atoms with van der Waals surface area (Å²) < 4.78 is 6.51. The molecule has 2 aromatic rings. The van der Waals surface area contributed by atoms with Crippen LogP contribution in [0.2, 0.25) is 19.6 Å². The molecule has 142 valence electrons. The lowest BCUT2D eigenvalue weighted by molar-refractivity contribution is -0.384. The van der Waals surface area contributed by atoms with Crippen LogP contribution >= 0.6 is 0 Å². The second kappa shape index (κ2) is 8.15. The zero-order valence-electron chi connectivity index (χ0n) is 16.1. The zero-order chi connectivity index (χ0) is 19.4. The van der Waals surface area contributed by atoms with Crippen molar-refractivity contribution in [3.8, 4) is 0 Å². The van der Waals surface area contributed by atoms with E-state index in [4.69, 9.17) is 9.42 Å². The maximum atomic E-state index is 10.8. The minimum Gasteiger partial charge on any atom is -0.409 e. The van der Waals surface area contributed by atoms with Gasteiger partial charge in [0.05, 0.1) is 17.1 Å². The number of nitrogens with zero attached hydrogens (tertiary/aromatic N) is 2. The van der Waals surface area contributed by atoms with E-state index < -0.39 is 8.32 Å². The van der Waals surface area contributed by atoms with Crippen LogP contribution in [0, 0.1) is 10.1 Å². The smallest absolute Gasteiger partial charge is 0.269 e. The van der Waals surface area contributed by atoms with Gasteiger partial charge in [-0.05, 0) is 43.6 Å². The van der Waals surface area contributed by atoms with Crippen molar-refractivity contribution in [2.45, 2.75) is 51.0 Å². The van der Waals surface area contributed by atoms with Crippen LogP contribution in [-0.2, 0) is 10.8 Å². The molecule has 0 aliphatic carbocycles. The zero-order valence-corrected chi connectivity index (χ0v) is 17.1. The Morgan fingerprint density at radius 2 is 1.81 bits per heavy atom. The third-order valence-corrected chi connectivity index (χ3v) is 5.55. The van der Waals surface area contributed by atoms with Gasteiger partial charge in [0.2, 0.25) is 0 Å². The third kappa shape index (κ3) is 5.34. The van der Waals surface area contributed by atoms with Crippen molar-refractivity contribution in [2.75, 3.05) is 0 Å². The summed E-state index contributed by atoms with van der Waals surface area (Å²) in [6.07, 6.45) is 2.65. The molecule has 0 aromatic heterocycles. The Labute approximate surface area is 161 Å². The van der Waals surface area contributed by atoms with Crippen molar-refractivity contribution in [1.82, 2.24) is 0 Å². The van der Waals surface area contributed by atoms with Crippen LogP contribution in [0.5, 0.6) is 0 Å². The van der Waals surface area contributed by atoms with Gasteiger partial charge in [0.25, 0.3) is 5.69 Å². The Bertz CT molecular complexity index is 814. The normalized spacial score (nSPS) is 18.2. The molecule has 0 fully saturated rings. The van der Waals surface area contributed by atoms with E-state index in [1.54, 1.807) is 12.1 Å². The number of nitro benzene ring substituents is 1. The van der Waals surface area contributed by atoms with E-state index in [-0.39, 0.29) is 22.8 Å². The average Bonchev–Trinajstić information content (AvgIpc) is 3.08. The van der Waals surface area contributed by atoms with E-state index in [0.717, 1.165) is 30.5 Å². The maximum absolute atomic E-state index is 10.8. The standard InChI is InChI=1S/C21H26N2O3Si/c1-27(2,3)26-21(17-7-5-4-6-8-17)20-14-11-18(22-20)15-16-9-12-19(13-10-16)23(24)25/h4-10,12-13,20-21H,11,14-15H2,1-3H3/t20?,21-/m1/s1. The molecule has 0 spiro atoms. The molecule has 2 atom stereocenters. The molecule has 0 saturated heterocycles. The summed E-state index contributed by atoms with van der Waals surface area (Å²) in [4.78, 5) is 15.4. The second-order valence-electron chi connectivity index (χ2n) is 7.96. The molecule has 5 nitrogen and oxygen atoms in total. The van der Waals surface area contributed by atoms with Crippen LogP contribution in [0.1, 0.15) is 30.1 Å². The largest absolute Gasteiger partial charge is 0.409 e. The molecule has 0 saturated carbocycles. The van der Waals surface area contributed by atoms with E-state index in [2.05, 4.69) is 31.8 Å². The second-order valence-corrected chi connectivity index (χ2v) is 12.4. The van der Waals surface area contributed by atoms with Crippen LogP contribution < -0.4 is 0 Å². The Kier molecular flexibility index (Phi) is 5.87. The Morgan fingerprint density at radius 1 is 1.15 bits per heavy atom. The monoisotopic (exact) mass is 382 g/mol. The summed E-state index contributed by atoms with van der Waals surface area (Å²) in [5.74, 6) is 0. The Hall–Kier alpha value is -2.31. The van der Waals surface area contributed by atoms with Crippen molar-refractivity contribution < 1.29 is 9.35 Å². The fourth-order valence-corrected chi connectivity index (χ4v) is 4.45. The van der Waals surface area contributed by atoms with Gasteiger partial charge >= 0.3 is 0 Å². The third-order valence-electron chi connectivity index (χ3n) is 4.59. The van der Waals surface area contributed by atoms with E-state index in [1.165, 1.54) is 5.56 Å². The highest BCUT2D eigenvalue weighted by Crippen LogP contribution is 2.33. The summed E-state index contributed by atoms with van der Waals surface area (Å²) in [6.45, 7) is 6.62. The molecule has 0 bridgehead atoms. The highest BCUT2D eigenvalue weighted by Gasteiger charge is 2.32. The van der Waals surface area contributed by atoms with Crippen LogP contribution in [-0.4, -0.2) is 25.0 Å². The van der Waals surface area contributed by atoms with Crippen molar-refractivity contribution >= 4 is 19.7 Å². The van der Waals surface area contributed by atoms with E-state index in [0.29, 0.717) is 0 Å². The Balaban J connectivity index is 1.75. The number of hydrogen-bond acceptors (Lipinski definition) is 4. The molecular weight excluding hydrogens is 356 g/mol. The minimum absolute atomic E-state index is 0.00720. The molecular formula is C21H26N2O3Si. The number of non-ortho nitro benzene ring substituents is 1. The first kappa shape index (κ1) is 19.4. The first-order chi connectivity index (χ1) is 12.8. The van der Waals surface area contributed by atoms with Gasteiger partial charge in [-0.15, -0.1) is 0 Å². The number of rotatable bonds is 7. The van der Waals surface area contributed by atoms with Crippen molar-refractivity contribution in [2.24, 2.45) is 4.99 Å². The fraction of sp³-hybridized carbons (Fsp3) is 0.381.